The van der Waals surface area contributed by atoms with Gasteiger partial charge in [-0.15, -0.1) is 0 Å². The molecule has 0 unspecified atom stereocenters. The normalized spacial score (nSPS) is 14.1. The third-order valence-corrected chi connectivity index (χ3v) is 5.56. The summed E-state index contributed by atoms with van der Waals surface area (Å²) in [6.45, 7) is 3.39. The van der Waals surface area contributed by atoms with E-state index < -0.39 is 0 Å². The Hall–Kier alpha value is -3.81. The fourth-order valence-corrected chi connectivity index (χ4v) is 3.87. The maximum atomic E-state index is 13.4. The molecule has 1 saturated heterocycles. The van der Waals surface area contributed by atoms with Gasteiger partial charge in [-0.2, -0.15) is 0 Å². The molecule has 0 spiro atoms. The molecule has 2 aromatic heterocycles. The molecule has 3 heterocycles. The molecule has 1 amide bonds. The van der Waals surface area contributed by atoms with Crippen molar-refractivity contribution in [3.63, 3.8) is 0 Å². The van der Waals surface area contributed by atoms with E-state index in [2.05, 4.69) is 15.3 Å². The minimum Gasteiger partial charge on any atom is -0.462 e. The summed E-state index contributed by atoms with van der Waals surface area (Å²) in [6.07, 6.45) is 4.61. The van der Waals surface area contributed by atoms with E-state index in [1.54, 1.807) is 49.5 Å². The van der Waals surface area contributed by atoms with E-state index in [0.29, 0.717) is 47.9 Å². The molecule has 0 radical (unpaired) electrons. The van der Waals surface area contributed by atoms with Crippen LogP contribution < -0.4 is 10.2 Å². The van der Waals surface area contributed by atoms with Crippen LogP contribution in [0.25, 0.3) is 11.3 Å². The Morgan fingerprint density at radius 1 is 1.12 bits per heavy atom. The molecule has 1 aliphatic rings. The Morgan fingerprint density at radius 3 is 2.64 bits per heavy atom. The van der Waals surface area contributed by atoms with E-state index in [1.807, 2.05) is 4.90 Å². The number of amides is 1. The minimum absolute atomic E-state index is 0.00593. The molecule has 1 fully saturated rings. The van der Waals surface area contributed by atoms with Gasteiger partial charge in [-0.1, -0.05) is 12.1 Å². The van der Waals surface area contributed by atoms with Crippen LogP contribution in [-0.4, -0.2) is 47.6 Å². The molecule has 1 N–H and O–H groups in total. The molecule has 170 valence electrons. The molecule has 0 saturated carbocycles. The number of hydrogen-bond acceptors (Lipinski definition) is 6. The number of piperidine rings is 1. The largest absolute Gasteiger partial charge is 0.462 e. The van der Waals surface area contributed by atoms with Crippen molar-refractivity contribution in [3.05, 3.63) is 77.9 Å². The van der Waals surface area contributed by atoms with E-state index in [0.717, 1.165) is 12.8 Å². The number of benzene rings is 1. The highest BCUT2D eigenvalue weighted by atomic mass is 19.1. The SMILES string of the molecule is CCOC(=O)c1cccnc1N1CCC(NC(=O)c2ccc(-c3cccc(F)c3)nc2)CC1. The predicted molar refractivity (Wildman–Crippen MR) is 123 cm³/mol. The fourth-order valence-electron chi connectivity index (χ4n) is 3.87. The Bertz CT molecular complexity index is 1130. The van der Waals surface area contributed by atoms with Gasteiger partial charge in [0.1, 0.15) is 17.2 Å². The van der Waals surface area contributed by atoms with Crippen molar-refractivity contribution in [3.8, 4) is 11.3 Å². The second-order valence-corrected chi connectivity index (χ2v) is 7.77. The molecule has 1 aliphatic heterocycles. The molecular weight excluding hydrogens is 423 g/mol. The third-order valence-electron chi connectivity index (χ3n) is 5.56. The topological polar surface area (TPSA) is 84.4 Å². The van der Waals surface area contributed by atoms with Crippen molar-refractivity contribution in [2.24, 2.45) is 0 Å². The average molecular weight is 448 g/mol. The first kappa shape index (κ1) is 22.4. The standard InChI is InChI=1S/C25H25FN4O3/c1-2-33-25(32)21-7-4-12-27-23(21)30-13-10-20(11-14-30)29-24(31)18-8-9-22(28-16-18)17-5-3-6-19(26)15-17/h3-9,12,15-16,20H,2,10-11,13-14H2,1H3,(H,29,31). The van der Waals surface area contributed by atoms with Gasteiger partial charge in [-0.25, -0.2) is 14.2 Å². The van der Waals surface area contributed by atoms with Gasteiger partial charge in [-0.05, 0) is 56.2 Å². The van der Waals surface area contributed by atoms with Crippen LogP contribution in [0.1, 0.15) is 40.5 Å². The Balaban J connectivity index is 1.35. The number of rotatable bonds is 6. The number of hydrogen-bond donors (Lipinski definition) is 1. The summed E-state index contributed by atoms with van der Waals surface area (Å²) in [5.74, 6) is -0.303. The second kappa shape index (κ2) is 10.2. The van der Waals surface area contributed by atoms with Gasteiger partial charge < -0.3 is 15.0 Å². The van der Waals surface area contributed by atoms with Gasteiger partial charge in [0.05, 0.1) is 17.9 Å². The summed E-state index contributed by atoms with van der Waals surface area (Å²) in [7, 11) is 0. The lowest BCUT2D eigenvalue weighted by Crippen LogP contribution is -2.45. The fraction of sp³-hybridized carbons (Fsp3) is 0.280. The molecular formula is C25H25FN4O3. The van der Waals surface area contributed by atoms with Crippen molar-refractivity contribution in [1.29, 1.82) is 0 Å². The third kappa shape index (κ3) is 5.34. The van der Waals surface area contributed by atoms with Crippen molar-refractivity contribution in [2.75, 3.05) is 24.6 Å². The molecule has 3 aromatic rings. The lowest BCUT2D eigenvalue weighted by atomic mass is 10.0. The second-order valence-electron chi connectivity index (χ2n) is 7.77. The highest BCUT2D eigenvalue weighted by molar-refractivity contribution is 5.95. The molecule has 0 bridgehead atoms. The first-order valence-electron chi connectivity index (χ1n) is 10.9. The molecule has 0 atom stereocenters. The lowest BCUT2D eigenvalue weighted by molar-refractivity contribution is 0.0526. The number of pyridine rings is 2. The lowest BCUT2D eigenvalue weighted by Gasteiger charge is -2.33. The Labute approximate surface area is 191 Å². The van der Waals surface area contributed by atoms with Gasteiger partial charge in [-0.3, -0.25) is 9.78 Å². The van der Waals surface area contributed by atoms with Gasteiger partial charge in [0.15, 0.2) is 0 Å². The van der Waals surface area contributed by atoms with Crippen LogP contribution in [0, 0.1) is 5.82 Å². The summed E-state index contributed by atoms with van der Waals surface area (Å²) >= 11 is 0. The predicted octanol–water partition coefficient (Wildman–Crippen LogP) is 3.86. The van der Waals surface area contributed by atoms with E-state index in [1.165, 1.54) is 18.3 Å². The van der Waals surface area contributed by atoms with Crippen LogP contribution in [-0.2, 0) is 4.74 Å². The number of ether oxygens (including phenoxy) is 1. The smallest absolute Gasteiger partial charge is 0.341 e. The summed E-state index contributed by atoms with van der Waals surface area (Å²) in [4.78, 5) is 35.7. The summed E-state index contributed by atoms with van der Waals surface area (Å²) in [6, 6.07) is 13.0. The maximum Gasteiger partial charge on any atom is 0.341 e. The van der Waals surface area contributed by atoms with Crippen LogP contribution in [0.2, 0.25) is 0 Å². The minimum atomic E-state index is -0.384. The first-order valence-corrected chi connectivity index (χ1v) is 10.9. The van der Waals surface area contributed by atoms with Crippen molar-refractivity contribution < 1.29 is 18.7 Å². The Morgan fingerprint density at radius 2 is 1.94 bits per heavy atom. The van der Waals surface area contributed by atoms with Crippen LogP contribution in [0.5, 0.6) is 0 Å². The number of nitrogens with zero attached hydrogens (tertiary/aromatic N) is 3. The van der Waals surface area contributed by atoms with Gasteiger partial charge in [0.25, 0.3) is 5.91 Å². The number of carbonyl (C=O) groups excluding carboxylic acids is 2. The highest BCUT2D eigenvalue weighted by Gasteiger charge is 2.25. The molecule has 33 heavy (non-hydrogen) atoms. The van der Waals surface area contributed by atoms with E-state index in [9.17, 15) is 14.0 Å². The first-order chi connectivity index (χ1) is 16.0. The number of aromatic nitrogens is 2. The van der Waals surface area contributed by atoms with E-state index in [-0.39, 0.29) is 23.7 Å². The van der Waals surface area contributed by atoms with Gasteiger partial charge in [0, 0.05) is 37.1 Å². The van der Waals surface area contributed by atoms with Crippen molar-refractivity contribution in [1.82, 2.24) is 15.3 Å². The number of carbonyl (C=O) groups is 2. The van der Waals surface area contributed by atoms with Gasteiger partial charge >= 0.3 is 5.97 Å². The van der Waals surface area contributed by atoms with Crippen LogP contribution in [0.15, 0.2) is 60.9 Å². The molecule has 0 aliphatic carbocycles. The number of esters is 1. The van der Waals surface area contributed by atoms with E-state index >= 15 is 0 Å². The average Bonchev–Trinajstić information content (AvgIpc) is 2.85. The van der Waals surface area contributed by atoms with Crippen molar-refractivity contribution in [2.45, 2.75) is 25.8 Å². The molecule has 1 aromatic carbocycles. The summed E-state index contributed by atoms with van der Waals surface area (Å²) in [5, 5.41) is 3.06. The quantitative estimate of drug-likeness (QED) is 0.577. The number of halogens is 1. The maximum absolute atomic E-state index is 13.4. The van der Waals surface area contributed by atoms with Crippen LogP contribution in [0.3, 0.4) is 0 Å². The van der Waals surface area contributed by atoms with Crippen LogP contribution >= 0.6 is 0 Å². The number of nitrogens with one attached hydrogen (secondary N) is 1. The summed E-state index contributed by atoms with van der Waals surface area (Å²) in [5.41, 5.74) is 2.16. The zero-order valence-electron chi connectivity index (χ0n) is 18.3. The molecule has 7 nitrogen and oxygen atoms in total. The summed E-state index contributed by atoms with van der Waals surface area (Å²) < 4.78 is 18.6. The number of anilines is 1. The Kier molecular flexibility index (Phi) is 6.92. The van der Waals surface area contributed by atoms with E-state index in [4.69, 9.17) is 4.74 Å². The van der Waals surface area contributed by atoms with Gasteiger partial charge in [0.2, 0.25) is 0 Å². The zero-order chi connectivity index (χ0) is 23.2. The molecule has 8 heteroatoms. The molecule has 4 rings (SSSR count). The van der Waals surface area contributed by atoms with Crippen LogP contribution in [0.4, 0.5) is 10.2 Å². The monoisotopic (exact) mass is 448 g/mol. The zero-order valence-corrected chi connectivity index (χ0v) is 18.3. The van der Waals surface area contributed by atoms with Crippen molar-refractivity contribution >= 4 is 17.7 Å². The highest BCUT2D eigenvalue weighted by Crippen LogP contribution is 2.23.